The van der Waals surface area contributed by atoms with Crippen LogP contribution in [0.2, 0.25) is 0 Å². The van der Waals surface area contributed by atoms with E-state index in [1.165, 1.54) is 36.0 Å². The van der Waals surface area contributed by atoms with E-state index < -0.39 is 6.10 Å². The van der Waals surface area contributed by atoms with Gasteiger partial charge in [-0.2, -0.15) is 0 Å². The van der Waals surface area contributed by atoms with Crippen LogP contribution in [0.25, 0.3) is 0 Å². The quantitative estimate of drug-likeness (QED) is 0.743. The number of nitrogens with zero attached hydrogens (tertiary/aromatic N) is 2. The maximum atomic E-state index is 13.1. The van der Waals surface area contributed by atoms with E-state index in [0.717, 1.165) is 44.9 Å². The molecular formula is C25H32N2O2. The summed E-state index contributed by atoms with van der Waals surface area (Å²) >= 11 is 0. The molecule has 1 aliphatic heterocycles. The van der Waals surface area contributed by atoms with E-state index in [1.807, 2.05) is 24.0 Å². The van der Waals surface area contributed by atoms with Gasteiger partial charge in [-0.1, -0.05) is 43.3 Å². The van der Waals surface area contributed by atoms with Crippen LogP contribution in [0.15, 0.2) is 48.5 Å². The zero-order valence-corrected chi connectivity index (χ0v) is 17.5. The van der Waals surface area contributed by atoms with Gasteiger partial charge in [-0.25, -0.2) is 0 Å². The summed E-state index contributed by atoms with van der Waals surface area (Å²) < 4.78 is 6.16. The number of rotatable bonds is 6. The molecule has 4 rings (SSSR count). The molecule has 0 radical (unpaired) electrons. The minimum Gasteiger partial charge on any atom is -0.481 e. The van der Waals surface area contributed by atoms with Crippen LogP contribution in [0.1, 0.15) is 42.9 Å². The molecule has 0 unspecified atom stereocenters. The van der Waals surface area contributed by atoms with Crippen molar-refractivity contribution < 1.29 is 9.53 Å². The number of fused-ring (bicyclic) bond motifs is 1. The second kappa shape index (κ2) is 9.45. The Morgan fingerprint density at radius 3 is 2.41 bits per heavy atom. The lowest BCUT2D eigenvalue weighted by molar-refractivity contribution is -0.140. The minimum absolute atomic E-state index is 0.129. The average Bonchev–Trinajstić information content (AvgIpc) is 2.78. The highest BCUT2D eigenvalue weighted by Crippen LogP contribution is 2.26. The highest BCUT2D eigenvalue weighted by Gasteiger charge is 2.28. The molecular weight excluding hydrogens is 360 g/mol. The smallest absolute Gasteiger partial charge is 0.263 e. The van der Waals surface area contributed by atoms with Gasteiger partial charge in [0.25, 0.3) is 5.91 Å². The van der Waals surface area contributed by atoms with Crippen molar-refractivity contribution in [2.45, 2.75) is 51.7 Å². The second-order valence-electron chi connectivity index (χ2n) is 8.24. The maximum absolute atomic E-state index is 13.1. The summed E-state index contributed by atoms with van der Waals surface area (Å²) in [7, 11) is 0. The summed E-state index contributed by atoms with van der Waals surface area (Å²) in [6.45, 7) is 6.36. The number of aryl methyl sites for hydroxylation is 2. The third-order valence-corrected chi connectivity index (χ3v) is 6.18. The summed E-state index contributed by atoms with van der Waals surface area (Å²) in [5.74, 6) is 0.971. The average molecular weight is 393 g/mol. The number of ether oxygens (including phenoxy) is 1. The lowest BCUT2D eigenvalue weighted by Crippen LogP contribution is -2.52. The van der Waals surface area contributed by atoms with Crippen molar-refractivity contribution in [2.75, 3.05) is 26.2 Å². The van der Waals surface area contributed by atoms with Crippen molar-refractivity contribution in [1.29, 1.82) is 0 Å². The van der Waals surface area contributed by atoms with Crippen LogP contribution >= 0.6 is 0 Å². The number of hydrogen-bond acceptors (Lipinski definition) is 3. The first-order valence-electron chi connectivity index (χ1n) is 11.1. The topological polar surface area (TPSA) is 32.8 Å². The molecule has 154 valence electrons. The van der Waals surface area contributed by atoms with Gasteiger partial charge in [-0.05, 0) is 60.9 Å². The first kappa shape index (κ1) is 20.0. The van der Waals surface area contributed by atoms with Crippen molar-refractivity contribution in [1.82, 2.24) is 9.80 Å². The van der Waals surface area contributed by atoms with E-state index in [2.05, 4.69) is 41.3 Å². The molecule has 1 atom stereocenters. The van der Waals surface area contributed by atoms with Gasteiger partial charge in [0, 0.05) is 32.7 Å². The zero-order chi connectivity index (χ0) is 20.1. The highest BCUT2D eigenvalue weighted by molar-refractivity contribution is 5.81. The van der Waals surface area contributed by atoms with E-state index in [0.29, 0.717) is 6.42 Å². The van der Waals surface area contributed by atoms with E-state index >= 15 is 0 Å². The van der Waals surface area contributed by atoms with Crippen molar-refractivity contribution in [3.05, 3.63) is 65.2 Å². The Kier molecular flexibility index (Phi) is 6.50. The summed E-state index contributed by atoms with van der Waals surface area (Å²) in [6, 6.07) is 16.9. The Morgan fingerprint density at radius 1 is 0.966 bits per heavy atom. The number of piperazine rings is 1. The molecule has 0 spiro atoms. The van der Waals surface area contributed by atoms with Crippen molar-refractivity contribution in [3.8, 4) is 5.75 Å². The van der Waals surface area contributed by atoms with Crippen LogP contribution in [-0.2, 0) is 24.2 Å². The molecule has 1 saturated heterocycles. The molecule has 2 aromatic carbocycles. The molecule has 0 aromatic heterocycles. The molecule has 0 saturated carbocycles. The number of hydrogen-bond donors (Lipinski definition) is 0. The van der Waals surface area contributed by atoms with Gasteiger partial charge >= 0.3 is 0 Å². The zero-order valence-electron chi connectivity index (χ0n) is 17.5. The van der Waals surface area contributed by atoms with Gasteiger partial charge in [-0.3, -0.25) is 9.69 Å². The summed E-state index contributed by atoms with van der Waals surface area (Å²) in [5.41, 5.74) is 4.16. The Labute approximate surface area is 174 Å². The molecule has 2 aliphatic rings. The van der Waals surface area contributed by atoms with Gasteiger partial charge in [0.1, 0.15) is 5.75 Å². The van der Waals surface area contributed by atoms with E-state index in [-0.39, 0.29) is 5.91 Å². The summed E-state index contributed by atoms with van der Waals surface area (Å²) in [5, 5.41) is 0. The Hall–Kier alpha value is -2.33. The predicted octanol–water partition coefficient (Wildman–Crippen LogP) is 4.07. The van der Waals surface area contributed by atoms with E-state index in [4.69, 9.17) is 4.74 Å². The number of amides is 1. The lowest BCUT2D eigenvalue weighted by Gasteiger charge is -2.36. The van der Waals surface area contributed by atoms with Gasteiger partial charge in [-0.15, -0.1) is 0 Å². The maximum Gasteiger partial charge on any atom is 0.263 e. The third-order valence-electron chi connectivity index (χ3n) is 6.18. The van der Waals surface area contributed by atoms with Crippen LogP contribution in [0.5, 0.6) is 5.75 Å². The lowest BCUT2D eigenvalue weighted by atomic mass is 9.92. The summed E-state index contributed by atoms with van der Waals surface area (Å²) in [6.07, 6.45) is 5.12. The Balaban J connectivity index is 1.32. The van der Waals surface area contributed by atoms with Gasteiger partial charge in [0.15, 0.2) is 6.10 Å². The fourth-order valence-electron chi connectivity index (χ4n) is 4.43. The molecule has 1 fully saturated rings. The first-order valence-corrected chi connectivity index (χ1v) is 11.1. The number of carbonyl (C=O) groups is 1. The van der Waals surface area contributed by atoms with Crippen molar-refractivity contribution in [3.63, 3.8) is 0 Å². The van der Waals surface area contributed by atoms with Gasteiger partial charge in [0.2, 0.25) is 0 Å². The molecule has 4 nitrogen and oxygen atoms in total. The van der Waals surface area contributed by atoms with E-state index in [9.17, 15) is 4.79 Å². The molecule has 1 amide bonds. The molecule has 4 heteroatoms. The first-order chi connectivity index (χ1) is 14.2. The normalized spacial score (nSPS) is 18.2. The van der Waals surface area contributed by atoms with Crippen molar-refractivity contribution in [2.24, 2.45) is 0 Å². The Morgan fingerprint density at radius 2 is 1.69 bits per heavy atom. The van der Waals surface area contributed by atoms with Crippen molar-refractivity contribution >= 4 is 5.91 Å². The van der Waals surface area contributed by atoms with Crippen LogP contribution in [0, 0.1) is 0 Å². The molecule has 1 heterocycles. The molecule has 0 N–H and O–H groups in total. The van der Waals surface area contributed by atoms with Gasteiger partial charge < -0.3 is 9.64 Å². The highest BCUT2D eigenvalue weighted by atomic mass is 16.5. The van der Waals surface area contributed by atoms with E-state index in [1.54, 1.807) is 0 Å². The Bertz CT molecular complexity index is 813. The molecule has 2 aromatic rings. The largest absolute Gasteiger partial charge is 0.481 e. The minimum atomic E-state index is -0.391. The third kappa shape index (κ3) is 4.99. The second-order valence-corrected chi connectivity index (χ2v) is 8.24. The van der Waals surface area contributed by atoms with Crippen LogP contribution in [-0.4, -0.2) is 48.0 Å². The SMILES string of the molecule is CC[C@H](Oc1ccc2c(c1)CCCC2)C(=O)N1CCN(Cc2ccccc2)CC1. The molecule has 0 bridgehead atoms. The predicted molar refractivity (Wildman–Crippen MR) is 116 cm³/mol. The van der Waals surface area contributed by atoms with Crippen LogP contribution < -0.4 is 4.74 Å². The monoisotopic (exact) mass is 392 g/mol. The fraction of sp³-hybridized carbons (Fsp3) is 0.480. The summed E-state index contributed by atoms with van der Waals surface area (Å²) in [4.78, 5) is 17.5. The standard InChI is InChI=1S/C25H32N2O2/c1-2-24(29-23-13-12-21-10-6-7-11-22(21)18-23)25(28)27-16-14-26(15-17-27)19-20-8-4-3-5-9-20/h3-5,8-9,12-13,18,24H,2,6-7,10-11,14-17,19H2,1H3/t24-/m0/s1. The molecule has 1 aliphatic carbocycles. The van der Waals surface area contributed by atoms with Crippen LogP contribution in [0.3, 0.4) is 0 Å². The number of benzene rings is 2. The number of carbonyl (C=O) groups excluding carboxylic acids is 1. The fourth-order valence-corrected chi connectivity index (χ4v) is 4.43. The molecule has 29 heavy (non-hydrogen) atoms. The van der Waals surface area contributed by atoms with Crippen LogP contribution in [0.4, 0.5) is 0 Å². The van der Waals surface area contributed by atoms with Gasteiger partial charge in [0.05, 0.1) is 0 Å².